The van der Waals surface area contributed by atoms with E-state index in [0.29, 0.717) is 17.3 Å². The average molecular weight is 570 g/mol. The van der Waals surface area contributed by atoms with Gasteiger partial charge in [-0.1, -0.05) is 79.2 Å². The van der Waals surface area contributed by atoms with Gasteiger partial charge >= 0.3 is 0 Å². The van der Waals surface area contributed by atoms with E-state index in [9.17, 15) is 18.0 Å². The van der Waals surface area contributed by atoms with Crippen LogP contribution in [0, 0.1) is 13.8 Å². The fourth-order valence-electron chi connectivity index (χ4n) is 4.48. The molecule has 3 rings (SSSR count). The van der Waals surface area contributed by atoms with Crippen LogP contribution in [0.2, 0.25) is 5.02 Å². The Labute approximate surface area is 236 Å². The third-order valence-electron chi connectivity index (χ3n) is 6.45. The molecule has 1 N–H and O–H groups in total. The molecule has 0 aliphatic carbocycles. The molecular formula is C30H36ClN3O4S. The highest BCUT2D eigenvalue weighted by atomic mass is 35.5. The summed E-state index contributed by atoms with van der Waals surface area (Å²) in [7, 11) is -3.82. The maximum absolute atomic E-state index is 14.1. The molecule has 0 radical (unpaired) electrons. The SMILES string of the molecule is CCCNC(=O)[C@@H](Cc1ccccc1)N(Cc1ccc(Cl)cc1)C(=O)CN(c1c(C)cccc1C)S(C)(=O)=O. The number of sulfonamides is 1. The van der Waals surface area contributed by atoms with Crippen LogP contribution in [0.25, 0.3) is 0 Å². The molecule has 0 bridgehead atoms. The molecular weight excluding hydrogens is 534 g/mol. The summed E-state index contributed by atoms with van der Waals surface area (Å²) < 4.78 is 27.1. The lowest BCUT2D eigenvalue weighted by Gasteiger charge is -2.34. The largest absolute Gasteiger partial charge is 0.354 e. The number of nitrogens with zero attached hydrogens (tertiary/aromatic N) is 2. The van der Waals surface area contributed by atoms with Gasteiger partial charge < -0.3 is 10.2 Å². The molecule has 3 aromatic rings. The Kier molecular flexibility index (Phi) is 10.5. The number of halogens is 1. The third kappa shape index (κ3) is 8.31. The lowest BCUT2D eigenvalue weighted by molar-refractivity contribution is -0.140. The van der Waals surface area contributed by atoms with Crippen LogP contribution in [0.5, 0.6) is 0 Å². The van der Waals surface area contributed by atoms with Crippen LogP contribution in [0.15, 0.2) is 72.8 Å². The summed E-state index contributed by atoms with van der Waals surface area (Å²) in [6.45, 7) is 5.71. The van der Waals surface area contributed by atoms with Crippen LogP contribution < -0.4 is 9.62 Å². The Balaban J connectivity index is 2.07. The molecule has 2 amide bonds. The predicted octanol–water partition coefficient (Wildman–Crippen LogP) is 4.89. The van der Waals surface area contributed by atoms with Gasteiger partial charge in [0.1, 0.15) is 12.6 Å². The zero-order valence-corrected chi connectivity index (χ0v) is 24.4. The first kappa shape index (κ1) is 30.2. The van der Waals surface area contributed by atoms with E-state index in [1.807, 2.05) is 69.3 Å². The Bertz CT molecular complexity index is 1360. The zero-order chi connectivity index (χ0) is 28.6. The second-order valence-electron chi connectivity index (χ2n) is 9.65. The Morgan fingerprint density at radius 1 is 0.897 bits per heavy atom. The summed E-state index contributed by atoms with van der Waals surface area (Å²) >= 11 is 6.09. The maximum Gasteiger partial charge on any atom is 0.244 e. The highest BCUT2D eigenvalue weighted by Gasteiger charge is 2.33. The number of amides is 2. The number of carbonyl (C=O) groups is 2. The van der Waals surface area contributed by atoms with Crippen molar-refractivity contribution < 1.29 is 18.0 Å². The summed E-state index contributed by atoms with van der Waals surface area (Å²) in [6, 6.07) is 21.1. The van der Waals surface area contributed by atoms with Crippen molar-refractivity contribution in [2.24, 2.45) is 0 Å². The van der Waals surface area contributed by atoms with E-state index in [1.54, 1.807) is 24.3 Å². The van der Waals surface area contributed by atoms with Crippen molar-refractivity contribution in [1.82, 2.24) is 10.2 Å². The van der Waals surface area contributed by atoms with E-state index in [2.05, 4.69) is 5.32 Å². The Hall–Kier alpha value is -3.36. The molecule has 0 spiro atoms. The summed E-state index contributed by atoms with van der Waals surface area (Å²) in [5.74, 6) is -0.772. The van der Waals surface area contributed by atoms with E-state index >= 15 is 0 Å². The van der Waals surface area contributed by atoms with E-state index in [4.69, 9.17) is 11.6 Å². The van der Waals surface area contributed by atoms with Gasteiger partial charge in [-0.15, -0.1) is 0 Å². The molecule has 0 unspecified atom stereocenters. The smallest absolute Gasteiger partial charge is 0.244 e. The minimum atomic E-state index is -3.82. The number of hydrogen-bond donors (Lipinski definition) is 1. The van der Waals surface area contributed by atoms with Crippen LogP contribution >= 0.6 is 11.6 Å². The topological polar surface area (TPSA) is 86.8 Å². The molecule has 0 fully saturated rings. The normalized spacial score (nSPS) is 12.0. The van der Waals surface area contributed by atoms with Crippen molar-refractivity contribution >= 4 is 39.1 Å². The lowest BCUT2D eigenvalue weighted by atomic mass is 10.0. The molecule has 1 atom stereocenters. The van der Waals surface area contributed by atoms with Crippen LogP contribution in [-0.2, 0) is 32.6 Å². The first-order valence-electron chi connectivity index (χ1n) is 12.9. The summed E-state index contributed by atoms with van der Waals surface area (Å²) in [4.78, 5) is 29.1. The first-order valence-corrected chi connectivity index (χ1v) is 15.1. The van der Waals surface area contributed by atoms with Gasteiger partial charge in [0.05, 0.1) is 11.9 Å². The molecule has 7 nitrogen and oxygen atoms in total. The molecule has 9 heteroatoms. The van der Waals surface area contributed by atoms with Gasteiger partial charge in [-0.3, -0.25) is 13.9 Å². The molecule has 0 aromatic heterocycles. The third-order valence-corrected chi connectivity index (χ3v) is 7.82. The van der Waals surface area contributed by atoms with Gasteiger partial charge in [-0.05, 0) is 54.7 Å². The molecule has 0 saturated heterocycles. The van der Waals surface area contributed by atoms with Gasteiger partial charge in [-0.2, -0.15) is 0 Å². The number of hydrogen-bond acceptors (Lipinski definition) is 4. The molecule has 208 valence electrons. The molecule has 0 heterocycles. The van der Waals surface area contributed by atoms with E-state index in [0.717, 1.165) is 39.2 Å². The zero-order valence-electron chi connectivity index (χ0n) is 22.9. The second kappa shape index (κ2) is 13.6. The number of benzene rings is 3. The van der Waals surface area contributed by atoms with Crippen LogP contribution in [0.1, 0.15) is 35.6 Å². The van der Waals surface area contributed by atoms with Crippen molar-refractivity contribution in [1.29, 1.82) is 0 Å². The predicted molar refractivity (Wildman–Crippen MR) is 157 cm³/mol. The maximum atomic E-state index is 14.1. The molecule has 0 aliphatic heterocycles. The molecule has 39 heavy (non-hydrogen) atoms. The van der Waals surface area contributed by atoms with Crippen LogP contribution in [0.4, 0.5) is 5.69 Å². The average Bonchev–Trinajstić information content (AvgIpc) is 2.89. The molecule has 0 saturated carbocycles. The van der Waals surface area contributed by atoms with E-state index < -0.39 is 28.5 Å². The standard InChI is InChI=1S/C30H36ClN3O4S/c1-5-18-32-30(36)27(19-24-12-7-6-8-13-24)33(20-25-14-16-26(31)17-15-25)28(35)21-34(39(4,37)38)29-22(2)10-9-11-23(29)3/h6-17,27H,5,18-21H2,1-4H3,(H,32,36)/t27-/m1/s1. The van der Waals surface area contributed by atoms with E-state index in [-0.39, 0.29) is 18.9 Å². The minimum Gasteiger partial charge on any atom is -0.354 e. The van der Waals surface area contributed by atoms with Crippen LogP contribution in [-0.4, -0.2) is 50.5 Å². The quantitative estimate of drug-likeness (QED) is 0.336. The Morgan fingerprint density at radius 3 is 2.08 bits per heavy atom. The van der Waals surface area contributed by atoms with Crippen molar-refractivity contribution in [2.45, 2.75) is 46.2 Å². The number of rotatable bonds is 12. The molecule has 3 aromatic carbocycles. The number of para-hydroxylation sites is 1. The number of anilines is 1. The lowest BCUT2D eigenvalue weighted by Crippen LogP contribution is -2.53. The first-order chi connectivity index (χ1) is 18.5. The fourth-order valence-corrected chi connectivity index (χ4v) is 5.57. The summed E-state index contributed by atoms with van der Waals surface area (Å²) in [5, 5.41) is 3.48. The fraction of sp³-hybridized carbons (Fsp3) is 0.333. The van der Waals surface area contributed by atoms with Gasteiger partial charge in [0.2, 0.25) is 21.8 Å². The Morgan fingerprint density at radius 2 is 1.51 bits per heavy atom. The summed E-state index contributed by atoms with van der Waals surface area (Å²) in [6.07, 6.45) is 2.10. The van der Waals surface area contributed by atoms with Crippen LogP contribution in [0.3, 0.4) is 0 Å². The van der Waals surface area contributed by atoms with Gasteiger partial charge in [0.25, 0.3) is 0 Å². The number of carbonyl (C=O) groups excluding carboxylic acids is 2. The minimum absolute atomic E-state index is 0.109. The van der Waals surface area contributed by atoms with Gasteiger partial charge in [0, 0.05) is 24.5 Å². The molecule has 0 aliphatic rings. The van der Waals surface area contributed by atoms with Crippen molar-refractivity contribution in [3.63, 3.8) is 0 Å². The monoisotopic (exact) mass is 569 g/mol. The highest BCUT2D eigenvalue weighted by molar-refractivity contribution is 7.92. The summed E-state index contributed by atoms with van der Waals surface area (Å²) in [5.41, 5.74) is 3.60. The number of aryl methyl sites for hydroxylation is 2. The van der Waals surface area contributed by atoms with Gasteiger partial charge in [-0.25, -0.2) is 8.42 Å². The van der Waals surface area contributed by atoms with Crippen molar-refractivity contribution in [3.05, 3.63) is 100 Å². The van der Waals surface area contributed by atoms with Crippen molar-refractivity contribution in [2.75, 3.05) is 23.7 Å². The highest BCUT2D eigenvalue weighted by Crippen LogP contribution is 2.27. The van der Waals surface area contributed by atoms with E-state index in [1.165, 1.54) is 4.90 Å². The second-order valence-corrected chi connectivity index (χ2v) is 12.0. The van der Waals surface area contributed by atoms with Crippen molar-refractivity contribution in [3.8, 4) is 0 Å². The van der Waals surface area contributed by atoms with Gasteiger partial charge in [0.15, 0.2) is 0 Å². The number of nitrogens with one attached hydrogen (secondary N) is 1.